The molecule has 1 fully saturated rings. The van der Waals surface area contributed by atoms with E-state index in [0.29, 0.717) is 6.54 Å². The predicted molar refractivity (Wildman–Crippen MR) is 89.3 cm³/mol. The third-order valence-corrected chi connectivity index (χ3v) is 4.20. The van der Waals surface area contributed by atoms with E-state index in [0.717, 1.165) is 36.0 Å². The standard InChI is InChI=1S/C16H22BrN3O2/c1-19(11-13-4-6-14(17)7-5-13)12-15(21)18-10-16(22)20-8-2-3-9-20/h4-7H,2-3,8-12H2,1H3,(H,18,21). The van der Waals surface area contributed by atoms with Crippen molar-refractivity contribution in [3.63, 3.8) is 0 Å². The van der Waals surface area contributed by atoms with Crippen molar-refractivity contribution in [2.24, 2.45) is 0 Å². The molecule has 1 aliphatic heterocycles. The summed E-state index contributed by atoms with van der Waals surface area (Å²) in [7, 11) is 1.89. The maximum Gasteiger partial charge on any atom is 0.241 e. The molecule has 0 spiro atoms. The van der Waals surface area contributed by atoms with Crippen LogP contribution in [0.25, 0.3) is 0 Å². The lowest BCUT2D eigenvalue weighted by Gasteiger charge is -2.18. The van der Waals surface area contributed by atoms with Crippen LogP contribution in [0.5, 0.6) is 0 Å². The second-order valence-corrected chi connectivity index (χ2v) is 6.58. The number of amides is 2. The highest BCUT2D eigenvalue weighted by Crippen LogP contribution is 2.11. The molecule has 1 aliphatic rings. The van der Waals surface area contributed by atoms with E-state index in [9.17, 15) is 9.59 Å². The number of nitrogens with zero attached hydrogens (tertiary/aromatic N) is 2. The van der Waals surface area contributed by atoms with Gasteiger partial charge in [0.25, 0.3) is 0 Å². The Morgan fingerprint density at radius 1 is 1.23 bits per heavy atom. The van der Waals surface area contributed by atoms with Crippen molar-refractivity contribution in [2.45, 2.75) is 19.4 Å². The summed E-state index contributed by atoms with van der Waals surface area (Å²) in [5.41, 5.74) is 1.15. The molecule has 6 heteroatoms. The summed E-state index contributed by atoms with van der Waals surface area (Å²) >= 11 is 3.40. The van der Waals surface area contributed by atoms with E-state index in [1.807, 2.05) is 41.1 Å². The van der Waals surface area contributed by atoms with Gasteiger partial charge in [0, 0.05) is 24.1 Å². The van der Waals surface area contributed by atoms with Crippen molar-refractivity contribution in [3.8, 4) is 0 Å². The molecular weight excluding hydrogens is 346 g/mol. The van der Waals surface area contributed by atoms with Gasteiger partial charge in [-0.15, -0.1) is 0 Å². The minimum Gasteiger partial charge on any atom is -0.346 e. The highest BCUT2D eigenvalue weighted by Gasteiger charge is 2.18. The summed E-state index contributed by atoms with van der Waals surface area (Å²) in [5.74, 6) is -0.103. The molecule has 5 nitrogen and oxygen atoms in total. The van der Waals surface area contributed by atoms with E-state index in [-0.39, 0.29) is 24.9 Å². The second kappa shape index (κ2) is 8.29. The Labute approximate surface area is 139 Å². The lowest BCUT2D eigenvalue weighted by molar-refractivity contribution is -0.132. The van der Waals surface area contributed by atoms with Crippen molar-refractivity contribution in [1.82, 2.24) is 15.1 Å². The normalized spacial score (nSPS) is 14.4. The molecule has 1 N–H and O–H groups in total. The van der Waals surface area contributed by atoms with Gasteiger partial charge in [-0.25, -0.2) is 0 Å². The summed E-state index contributed by atoms with van der Waals surface area (Å²) in [5, 5.41) is 2.71. The molecular formula is C16H22BrN3O2. The SMILES string of the molecule is CN(CC(=O)NCC(=O)N1CCCC1)Cc1ccc(Br)cc1. The molecule has 1 heterocycles. The molecule has 0 radical (unpaired) electrons. The Balaban J connectivity index is 1.69. The van der Waals surface area contributed by atoms with E-state index in [2.05, 4.69) is 21.2 Å². The predicted octanol–water partition coefficient (Wildman–Crippen LogP) is 1.62. The largest absolute Gasteiger partial charge is 0.346 e. The van der Waals surface area contributed by atoms with Crippen LogP contribution < -0.4 is 5.32 Å². The Morgan fingerprint density at radius 2 is 1.86 bits per heavy atom. The summed E-state index contributed by atoms with van der Waals surface area (Å²) < 4.78 is 1.04. The molecule has 1 aromatic rings. The monoisotopic (exact) mass is 367 g/mol. The van der Waals surface area contributed by atoms with Crippen LogP contribution in [0.2, 0.25) is 0 Å². The molecule has 2 rings (SSSR count). The van der Waals surface area contributed by atoms with Gasteiger partial charge in [0.15, 0.2) is 0 Å². The number of carbonyl (C=O) groups excluding carboxylic acids is 2. The van der Waals surface area contributed by atoms with Crippen LogP contribution in [0, 0.1) is 0 Å². The van der Waals surface area contributed by atoms with Gasteiger partial charge in [0.1, 0.15) is 0 Å². The van der Waals surface area contributed by atoms with Crippen LogP contribution in [0.4, 0.5) is 0 Å². The quantitative estimate of drug-likeness (QED) is 0.830. The fraction of sp³-hybridized carbons (Fsp3) is 0.500. The molecule has 2 amide bonds. The zero-order valence-electron chi connectivity index (χ0n) is 12.8. The second-order valence-electron chi connectivity index (χ2n) is 5.66. The summed E-state index contributed by atoms with van der Waals surface area (Å²) in [6, 6.07) is 8.01. The molecule has 0 saturated carbocycles. The van der Waals surface area contributed by atoms with Crippen LogP contribution in [-0.2, 0) is 16.1 Å². The average Bonchev–Trinajstić information content (AvgIpc) is 3.01. The van der Waals surface area contributed by atoms with E-state index < -0.39 is 0 Å². The summed E-state index contributed by atoms with van der Waals surface area (Å²) in [4.78, 5) is 27.5. The highest BCUT2D eigenvalue weighted by molar-refractivity contribution is 9.10. The van der Waals surface area contributed by atoms with E-state index >= 15 is 0 Å². The minimum absolute atomic E-state index is 0.0152. The molecule has 120 valence electrons. The number of nitrogens with one attached hydrogen (secondary N) is 1. The van der Waals surface area contributed by atoms with Crippen LogP contribution in [0.3, 0.4) is 0 Å². The van der Waals surface area contributed by atoms with E-state index in [4.69, 9.17) is 0 Å². The van der Waals surface area contributed by atoms with Crippen molar-refractivity contribution in [1.29, 1.82) is 0 Å². The fourth-order valence-electron chi connectivity index (χ4n) is 2.51. The topological polar surface area (TPSA) is 52.7 Å². The summed E-state index contributed by atoms with van der Waals surface area (Å²) in [6.45, 7) is 2.71. The van der Waals surface area contributed by atoms with Crippen molar-refractivity contribution < 1.29 is 9.59 Å². The molecule has 1 aromatic carbocycles. The Kier molecular flexibility index (Phi) is 6.39. The molecule has 0 bridgehead atoms. The van der Waals surface area contributed by atoms with Crippen molar-refractivity contribution in [3.05, 3.63) is 34.3 Å². The van der Waals surface area contributed by atoms with Crippen LogP contribution in [-0.4, -0.2) is 54.8 Å². The minimum atomic E-state index is -0.118. The number of benzene rings is 1. The maximum atomic E-state index is 11.9. The van der Waals surface area contributed by atoms with Crippen molar-refractivity contribution in [2.75, 3.05) is 33.2 Å². The number of likely N-dealkylation sites (N-methyl/N-ethyl adjacent to an activating group) is 1. The van der Waals surface area contributed by atoms with Gasteiger partial charge in [-0.05, 0) is 37.6 Å². The van der Waals surface area contributed by atoms with Gasteiger partial charge < -0.3 is 10.2 Å². The third kappa shape index (κ3) is 5.42. The number of halogens is 1. The highest BCUT2D eigenvalue weighted by atomic mass is 79.9. The third-order valence-electron chi connectivity index (χ3n) is 3.67. The number of hydrogen-bond acceptors (Lipinski definition) is 3. The number of carbonyl (C=O) groups is 2. The lowest BCUT2D eigenvalue weighted by Crippen LogP contribution is -2.42. The number of rotatable bonds is 6. The smallest absolute Gasteiger partial charge is 0.241 e. The molecule has 0 aromatic heterocycles. The van der Waals surface area contributed by atoms with Crippen LogP contribution >= 0.6 is 15.9 Å². The van der Waals surface area contributed by atoms with Gasteiger partial charge in [-0.2, -0.15) is 0 Å². The van der Waals surface area contributed by atoms with Gasteiger partial charge >= 0.3 is 0 Å². The zero-order chi connectivity index (χ0) is 15.9. The lowest BCUT2D eigenvalue weighted by atomic mass is 10.2. The molecule has 0 atom stereocenters. The zero-order valence-corrected chi connectivity index (χ0v) is 14.4. The van der Waals surface area contributed by atoms with Gasteiger partial charge in [-0.3, -0.25) is 14.5 Å². The molecule has 1 saturated heterocycles. The average molecular weight is 368 g/mol. The molecule has 0 unspecified atom stereocenters. The number of hydrogen-bond donors (Lipinski definition) is 1. The van der Waals surface area contributed by atoms with Gasteiger partial charge in [-0.1, -0.05) is 28.1 Å². The maximum absolute atomic E-state index is 11.9. The molecule has 0 aliphatic carbocycles. The van der Waals surface area contributed by atoms with E-state index in [1.54, 1.807) is 0 Å². The number of likely N-dealkylation sites (tertiary alicyclic amines) is 1. The van der Waals surface area contributed by atoms with Gasteiger partial charge in [0.05, 0.1) is 13.1 Å². The van der Waals surface area contributed by atoms with E-state index in [1.165, 1.54) is 0 Å². The van der Waals surface area contributed by atoms with Crippen molar-refractivity contribution >= 4 is 27.7 Å². The first-order valence-electron chi connectivity index (χ1n) is 7.52. The Morgan fingerprint density at radius 3 is 2.50 bits per heavy atom. The first kappa shape index (κ1) is 17.0. The first-order valence-corrected chi connectivity index (χ1v) is 8.31. The first-order chi connectivity index (χ1) is 10.5. The fourth-order valence-corrected chi connectivity index (χ4v) is 2.78. The molecule has 22 heavy (non-hydrogen) atoms. The summed E-state index contributed by atoms with van der Waals surface area (Å²) in [6.07, 6.45) is 2.13. The van der Waals surface area contributed by atoms with Crippen LogP contribution in [0.15, 0.2) is 28.7 Å². The Bertz CT molecular complexity index is 513. The Hall–Kier alpha value is -1.40. The van der Waals surface area contributed by atoms with Crippen LogP contribution in [0.1, 0.15) is 18.4 Å². The van der Waals surface area contributed by atoms with Gasteiger partial charge in [0.2, 0.25) is 11.8 Å².